The minimum atomic E-state index is -0.685. The van der Waals surface area contributed by atoms with Crippen molar-refractivity contribution in [1.29, 1.82) is 0 Å². The second-order valence-corrected chi connectivity index (χ2v) is 5.54. The zero-order valence-electron chi connectivity index (χ0n) is 13.8. The second kappa shape index (κ2) is 7.27. The van der Waals surface area contributed by atoms with E-state index in [1.807, 2.05) is 37.3 Å². The molecule has 1 aliphatic carbocycles. The maximum absolute atomic E-state index is 12.2. The molecule has 2 unspecified atom stereocenters. The van der Waals surface area contributed by atoms with E-state index < -0.39 is 23.8 Å². The molecule has 0 heterocycles. The molecule has 0 amide bonds. The van der Waals surface area contributed by atoms with Crippen molar-refractivity contribution in [3.05, 3.63) is 53.6 Å². The van der Waals surface area contributed by atoms with Crippen LogP contribution in [0.5, 0.6) is 0 Å². The van der Waals surface area contributed by atoms with Crippen LogP contribution in [-0.4, -0.2) is 26.2 Å². The maximum Gasteiger partial charge on any atom is 0.314 e. The van der Waals surface area contributed by atoms with Crippen LogP contribution in [0.4, 0.5) is 0 Å². The molecule has 0 fully saturated rings. The molecule has 1 aromatic carbocycles. The fourth-order valence-electron chi connectivity index (χ4n) is 3.26. The number of esters is 2. The zero-order valence-corrected chi connectivity index (χ0v) is 13.8. The van der Waals surface area contributed by atoms with E-state index in [-0.39, 0.29) is 0 Å². The topological polar surface area (TPSA) is 52.6 Å². The van der Waals surface area contributed by atoms with Crippen LogP contribution in [0.1, 0.15) is 25.3 Å². The molecule has 23 heavy (non-hydrogen) atoms. The maximum atomic E-state index is 12.2. The van der Waals surface area contributed by atoms with E-state index in [2.05, 4.69) is 6.58 Å². The van der Waals surface area contributed by atoms with Crippen molar-refractivity contribution < 1.29 is 19.1 Å². The smallest absolute Gasteiger partial charge is 0.314 e. The molecule has 4 heteroatoms. The van der Waals surface area contributed by atoms with Gasteiger partial charge in [-0.15, -0.1) is 0 Å². The van der Waals surface area contributed by atoms with Gasteiger partial charge < -0.3 is 9.47 Å². The van der Waals surface area contributed by atoms with E-state index >= 15 is 0 Å². The van der Waals surface area contributed by atoms with Crippen molar-refractivity contribution in [1.82, 2.24) is 0 Å². The lowest BCUT2D eigenvalue weighted by atomic mass is 9.70. The minimum absolute atomic E-state index is 0.412. The van der Waals surface area contributed by atoms with Crippen molar-refractivity contribution in [2.75, 3.05) is 14.2 Å². The summed E-state index contributed by atoms with van der Waals surface area (Å²) in [5.41, 5.74) is 3.77. The first-order valence-corrected chi connectivity index (χ1v) is 7.67. The fraction of sp³-hybridized carbons (Fsp3) is 0.368. The first-order valence-electron chi connectivity index (χ1n) is 7.67. The molecule has 0 radical (unpaired) electrons. The van der Waals surface area contributed by atoms with Crippen LogP contribution < -0.4 is 0 Å². The Hall–Kier alpha value is -2.36. The summed E-state index contributed by atoms with van der Waals surface area (Å²) >= 11 is 0. The van der Waals surface area contributed by atoms with Gasteiger partial charge in [-0.2, -0.15) is 0 Å². The third-order valence-electron chi connectivity index (χ3n) is 4.39. The Morgan fingerprint density at radius 1 is 1.13 bits per heavy atom. The lowest BCUT2D eigenvalue weighted by Gasteiger charge is -2.33. The van der Waals surface area contributed by atoms with Crippen LogP contribution in [0.25, 0.3) is 5.57 Å². The molecule has 122 valence electrons. The highest BCUT2D eigenvalue weighted by Gasteiger charge is 2.42. The minimum Gasteiger partial charge on any atom is -0.469 e. The van der Waals surface area contributed by atoms with Crippen molar-refractivity contribution in [3.8, 4) is 0 Å². The number of rotatable bonds is 4. The largest absolute Gasteiger partial charge is 0.469 e. The first kappa shape index (κ1) is 17.0. The molecule has 0 aromatic heterocycles. The number of allylic oxidation sites excluding steroid dienone is 2. The van der Waals surface area contributed by atoms with Gasteiger partial charge in [-0.1, -0.05) is 43.8 Å². The van der Waals surface area contributed by atoms with Crippen molar-refractivity contribution in [2.24, 2.45) is 11.8 Å². The lowest BCUT2D eigenvalue weighted by Crippen LogP contribution is -2.36. The van der Waals surface area contributed by atoms with E-state index in [1.54, 1.807) is 0 Å². The summed E-state index contributed by atoms with van der Waals surface area (Å²) in [7, 11) is 2.66. The molecule has 2 rings (SSSR count). The van der Waals surface area contributed by atoms with Gasteiger partial charge in [0.25, 0.3) is 0 Å². The summed E-state index contributed by atoms with van der Waals surface area (Å²) in [6.45, 7) is 6.12. The van der Waals surface area contributed by atoms with Crippen LogP contribution in [0.2, 0.25) is 0 Å². The Morgan fingerprint density at radius 2 is 1.74 bits per heavy atom. The van der Waals surface area contributed by atoms with Crippen LogP contribution in [0.15, 0.2) is 48.1 Å². The molecule has 1 aromatic rings. The van der Waals surface area contributed by atoms with E-state index in [9.17, 15) is 9.59 Å². The second-order valence-electron chi connectivity index (χ2n) is 5.54. The lowest BCUT2D eigenvalue weighted by molar-refractivity contribution is -0.155. The SMILES string of the molecule is C=C1C(CC)=C(c2ccccc2)CC(C(=O)OC)C1C(=O)OC. The quantitative estimate of drug-likeness (QED) is 0.799. The van der Waals surface area contributed by atoms with Crippen molar-refractivity contribution >= 4 is 17.5 Å². The number of carbonyl (C=O) groups is 2. The van der Waals surface area contributed by atoms with Gasteiger partial charge in [0.1, 0.15) is 0 Å². The molecule has 4 nitrogen and oxygen atoms in total. The first-order chi connectivity index (χ1) is 11.0. The Kier molecular flexibility index (Phi) is 5.37. The third-order valence-corrected chi connectivity index (χ3v) is 4.39. The van der Waals surface area contributed by atoms with Gasteiger partial charge >= 0.3 is 11.9 Å². The third kappa shape index (κ3) is 3.21. The predicted octanol–water partition coefficient (Wildman–Crippen LogP) is 3.39. The van der Waals surface area contributed by atoms with Gasteiger partial charge in [0.05, 0.1) is 26.1 Å². The van der Waals surface area contributed by atoms with Crippen molar-refractivity contribution in [3.63, 3.8) is 0 Å². The van der Waals surface area contributed by atoms with E-state index in [1.165, 1.54) is 14.2 Å². The highest BCUT2D eigenvalue weighted by molar-refractivity contribution is 5.91. The normalized spacial score (nSPS) is 21.1. The van der Waals surface area contributed by atoms with Gasteiger partial charge in [0.15, 0.2) is 0 Å². The Balaban J connectivity index is 2.56. The molecular formula is C19H22O4. The number of methoxy groups -OCH3 is 2. The molecular weight excluding hydrogens is 292 g/mol. The Bertz CT molecular complexity index is 643. The van der Waals surface area contributed by atoms with Crippen molar-refractivity contribution in [2.45, 2.75) is 19.8 Å². The standard InChI is InChI=1S/C19H22O4/c1-5-14-12(2)17(19(21)23-4)16(18(20)22-3)11-15(14)13-9-7-6-8-10-13/h6-10,16-17H,2,5,11H2,1,3-4H3. The molecule has 0 N–H and O–H groups in total. The van der Waals surface area contributed by atoms with Gasteiger partial charge in [-0.05, 0) is 35.1 Å². The summed E-state index contributed by atoms with van der Waals surface area (Å²) in [6, 6.07) is 9.87. The average molecular weight is 314 g/mol. The van der Waals surface area contributed by atoms with Gasteiger partial charge in [-0.3, -0.25) is 9.59 Å². The molecule has 0 saturated carbocycles. The summed E-state index contributed by atoms with van der Waals surface area (Å²) in [5.74, 6) is -2.14. The van der Waals surface area contributed by atoms with E-state index in [0.29, 0.717) is 12.0 Å². The fourth-order valence-corrected chi connectivity index (χ4v) is 3.26. The van der Waals surface area contributed by atoms with Gasteiger partial charge in [-0.25, -0.2) is 0 Å². The van der Waals surface area contributed by atoms with Gasteiger partial charge in [0.2, 0.25) is 0 Å². The van der Waals surface area contributed by atoms with E-state index in [4.69, 9.17) is 9.47 Å². The van der Waals surface area contributed by atoms with Crippen LogP contribution in [0.3, 0.4) is 0 Å². The number of hydrogen-bond acceptors (Lipinski definition) is 4. The van der Waals surface area contributed by atoms with Crippen LogP contribution in [0, 0.1) is 11.8 Å². The molecule has 1 aliphatic rings. The molecule has 0 spiro atoms. The predicted molar refractivity (Wildman–Crippen MR) is 88.4 cm³/mol. The number of ether oxygens (including phenoxy) is 2. The summed E-state index contributed by atoms with van der Waals surface area (Å²) in [6.07, 6.45) is 1.18. The monoisotopic (exact) mass is 314 g/mol. The highest BCUT2D eigenvalue weighted by Crippen LogP contribution is 2.44. The summed E-state index contributed by atoms with van der Waals surface area (Å²) < 4.78 is 9.79. The zero-order chi connectivity index (χ0) is 17.0. The molecule has 0 bridgehead atoms. The summed E-state index contributed by atoms with van der Waals surface area (Å²) in [5, 5.41) is 0. The van der Waals surface area contributed by atoms with Gasteiger partial charge in [0, 0.05) is 0 Å². The number of benzene rings is 1. The summed E-state index contributed by atoms with van der Waals surface area (Å²) in [4.78, 5) is 24.4. The molecule has 0 aliphatic heterocycles. The van der Waals surface area contributed by atoms with E-state index in [0.717, 1.165) is 23.1 Å². The van der Waals surface area contributed by atoms with Crippen LogP contribution >= 0.6 is 0 Å². The highest BCUT2D eigenvalue weighted by atomic mass is 16.5. The molecule has 0 saturated heterocycles. The Morgan fingerprint density at radius 3 is 2.26 bits per heavy atom. The number of carbonyl (C=O) groups excluding carboxylic acids is 2. The van der Waals surface area contributed by atoms with Crippen LogP contribution in [-0.2, 0) is 19.1 Å². The Labute approximate surface area is 136 Å². The molecule has 2 atom stereocenters. The number of hydrogen-bond donors (Lipinski definition) is 0. The average Bonchev–Trinajstić information content (AvgIpc) is 2.60.